The number of anilines is 1. The second-order valence-corrected chi connectivity index (χ2v) is 5.01. The quantitative estimate of drug-likeness (QED) is 0.906. The molecule has 2 N–H and O–H groups in total. The molecule has 3 rings (SSSR count). The van der Waals surface area contributed by atoms with Gasteiger partial charge >= 0.3 is 0 Å². The molecular weight excluding hydrogens is 278 g/mol. The molecule has 2 aromatic carbocycles. The van der Waals surface area contributed by atoms with E-state index in [2.05, 4.69) is 16.7 Å². The SMILES string of the molecule is N#Cc1ccc(NCC(=O)N[C@@H]2COc3ccccc32)cc1. The van der Waals surface area contributed by atoms with Gasteiger partial charge in [0.15, 0.2) is 0 Å². The fraction of sp³-hybridized carbons (Fsp3) is 0.176. The number of carbonyl (C=O) groups excluding carboxylic acids is 1. The highest BCUT2D eigenvalue weighted by Crippen LogP contribution is 2.31. The summed E-state index contributed by atoms with van der Waals surface area (Å²) in [5.74, 6) is 0.725. The summed E-state index contributed by atoms with van der Waals surface area (Å²) in [6.07, 6.45) is 0. The Morgan fingerprint density at radius 3 is 2.77 bits per heavy atom. The van der Waals surface area contributed by atoms with Gasteiger partial charge < -0.3 is 15.4 Å². The first-order chi connectivity index (χ1) is 10.8. The van der Waals surface area contributed by atoms with Gasteiger partial charge in [0, 0.05) is 11.3 Å². The van der Waals surface area contributed by atoms with Gasteiger partial charge in [-0.05, 0) is 30.3 Å². The number of ether oxygens (including phenoxy) is 1. The molecule has 110 valence electrons. The van der Waals surface area contributed by atoms with Crippen LogP contribution in [-0.2, 0) is 4.79 Å². The Morgan fingerprint density at radius 1 is 1.23 bits per heavy atom. The van der Waals surface area contributed by atoms with E-state index in [1.165, 1.54) is 0 Å². The second kappa shape index (κ2) is 6.19. The maximum Gasteiger partial charge on any atom is 0.239 e. The van der Waals surface area contributed by atoms with Crippen LogP contribution in [0, 0.1) is 11.3 Å². The number of hydrogen-bond acceptors (Lipinski definition) is 4. The Hall–Kier alpha value is -3.00. The predicted octanol–water partition coefficient (Wildman–Crippen LogP) is 2.22. The third kappa shape index (κ3) is 3.01. The molecule has 1 heterocycles. The van der Waals surface area contributed by atoms with Crippen LogP contribution < -0.4 is 15.4 Å². The molecule has 1 aliphatic heterocycles. The lowest BCUT2D eigenvalue weighted by Crippen LogP contribution is -2.34. The fourth-order valence-electron chi connectivity index (χ4n) is 2.37. The minimum absolute atomic E-state index is 0.102. The van der Waals surface area contributed by atoms with Crippen molar-refractivity contribution in [3.63, 3.8) is 0 Å². The Kier molecular flexibility index (Phi) is 3.92. The number of amides is 1. The molecule has 1 atom stereocenters. The van der Waals surface area contributed by atoms with E-state index < -0.39 is 0 Å². The Bertz CT molecular complexity index is 719. The summed E-state index contributed by atoms with van der Waals surface area (Å²) < 4.78 is 5.53. The van der Waals surface area contributed by atoms with Crippen LogP contribution in [0.5, 0.6) is 5.75 Å². The summed E-state index contributed by atoms with van der Waals surface area (Å²) in [5, 5.41) is 14.7. The normalized spacial score (nSPS) is 15.3. The average Bonchev–Trinajstić information content (AvgIpc) is 2.97. The van der Waals surface area contributed by atoms with Crippen LogP contribution >= 0.6 is 0 Å². The van der Waals surface area contributed by atoms with Gasteiger partial charge in [-0.2, -0.15) is 5.26 Å². The van der Waals surface area contributed by atoms with Crippen LogP contribution in [0.15, 0.2) is 48.5 Å². The first-order valence-electron chi connectivity index (χ1n) is 7.01. The summed E-state index contributed by atoms with van der Waals surface area (Å²) in [4.78, 5) is 12.0. The van der Waals surface area contributed by atoms with Crippen LogP contribution in [-0.4, -0.2) is 19.1 Å². The summed E-state index contributed by atoms with van der Waals surface area (Å²) in [5.41, 5.74) is 2.40. The molecule has 5 nitrogen and oxygen atoms in total. The highest BCUT2D eigenvalue weighted by molar-refractivity contribution is 5.81. The van der Waals surface area contributed by atoms with Crippen molar-refractivity contribution in [2.75, 3.05) is 18.5 Å². The topological polar surface area (TPSA) is 74.2 Å². The van der Waals surface area contributed by atoms with Gasteiger partial charge in [-0.25, -0.2) is 0 Å². The maximum atomic E-state index is 12.0. The molecule has 0 saturated carbocycles. The Morgan fingerprint density at radius 2 is 2.00 bits per heavy atom. The molecule has 0 aromatic heterocycles. The lowest BCUT2D eigenvalue weighted by molar-refractivity contribution is -0.120. The van der Waals surface area contributed by atoms with Gasteiger partial charge in [-0.1, -0.05) is 18.2 Å². The van der Waals surface area contributed by atoms with Gasteiger partial charge in [0.05, 0.1) is 24.2 Å². The van der Waals surface area contributed by atoms with E-state index >= 15 is 0 Å². The van der Waals surface area contributed by atoms with E-state index in [9.17, 15) is 4.79 Å². The Labute approximate surface area is 128 Å². The summed E-state index contributed by atoms with van der Waals surface area (Å²) >= 11 is 0. The summed E-state index contributed by atoms with van der Waals surface area (Å²) in [7, 11) is 0. The van der Waals surface area contributed by atoms with Crippen molar-refractivity contribution in [1.82, 2.24) is 5.32 Å². The highest BCUT2D eigenvalue weighted by Gasteiger charge is 2.24. The lowest BCUT2D eigenvalue weighted by atomic mass is 10.1. The van der Waals surface area contributed by atoms with Gasteiger partial charge in [0.25, 0.3) is 0 Å². The second-order valence-electron chi connectivity index (χ2n) is 5.01. The zero-order valence-corrected chi connectivity index (χ0v) is 11.9. The molecule has 0 aliphatic carbocycles. The fourth-order valence-corrected chi connectivity index (χ4v) is 2.37. The van der Waals surface area contributed by atoms with E-state index in [0.717, 1.165) is 17.0 Å². The summed E-state index contributed by atoms with van der Waals surface area (Å²) in [6.45, 7) is 0.631. The van der Waals surface area contributed by atoms with Crippen LogP contribution in [0.1, 0.15) is 17.2 Å². The minimum atomic E-state index is -0.105. The molecular formula is C17H15N3O2. The predicted molar refractivity (Wildman–Crippen MR) is 82.5 cm³/mol. The van der Waals surface area contributed by atoms with Crippen molar-refractivity contribution in [3.05, 3.63) is 59.7 Å². The van der Waals surface area contributed by atoms with Crippen molar-refractivity contribution in [2.45, 2.75) is 6.04 Å². The smallest absolute Gasteiger partial charge is 0.239 e. The third-order valence-electron chi connectivity index (χ3n) is 3.50. The van der Waals surface area contributed by atoms with Crippen LogP contribution in [0.2, 0.25) is 0 Å². The molecule has 0 fully saturated rings. The van der Waals surface area contributed by atoms with E-state index in [0.29, 0.717) is 12.2 Å². The van der Waals surface area contributed by atoms with Crippen molar-refractivity contribution in [3.8, 4) is 11.8 Å². The maximum absolute atomic E-state index is 12.0. The summed E-state index contributed by atoms with van der Waals surface area (Å²) in [6, 6.07) is 16.6. The molecule has 1 amide bonds. The van der Waals surface area contributed by atoms with E-state index in [1.54, 1.807) is 24.3 Å². The number of rotatable bonds is 4. The molecule has 0 saturated heterocycles. The number of carbonyl (C=O) groups is 1. The number of nitrogens with zero attached hydrogens (tertiary/aromatic N) is 1. The van der Waals surface area contributed by atoms with Gasteiger partial charge in [0.1, 0.15) is 12.4 Å². The van der Waals surface area contributed by atoms with E-state index in [1.807, 2.05) is 24.3 Å². The van der Waals surface area contributed by atoms with Crippen molar-refractivity contribution in [2.24, 2.45) is 0 Å². The third-order valence-corrected chi connectivity index (χ3v) is 3.50. The first-order valence-corrected chi connectivity index (χ1v) is 7.01. The monoisotopic (exact) mass is 293 g/mol. The molecule has 0 unspecified atom stereocenters. The lowest BCUT2D eigenvalue weighted by Gasteiger charge is -2.12. The number of benzene rings is 2. The molecule has 1 aliphatic rings. The van der Waals surface area contributed by atoms with Crippen molar-refractivity contribution >= 4 is 11.6 Å². The molecule has 0 bridgehead atoms. The van der Waals surface area contributed by atoms with Gasteiger partial charge in [-0.3, -0.25) is 4.79 Å². The van der Waals surface area contributed by atoms with Crippen molar-refractivity contribution in [1.29, 1.82) is 5.26 Å². The average molecular weight is 293 g/mol. The van der Waals surface area contributed by atoms with Gasteiger partial charge in [-0.15, -0.1) is 0 Å². The molecule has 22 heavy (non-hydrogen) atoms. The molecule has 5 heteroatoms. The van der Waals surface area contributed by atoms with Crippen LogP contribution in [0.4, 0.5) is 5.69 Å². The number of hydrogen-bond donors (Lipinski definition) is 2. The number of para-hydroxylation sites is 1. The zero-order valence-electron chi connectivity index (χ0n) is 11.9. The van der Waals surface area contributed by atoms with Gasteiger partial charge in [0.2, 0.25) is 5.91 Å². The molecule has 2 aromatic rings. The molecule has 0 spiro atoms. The van der Waals surface area contributed by atoms with E-state index in [-0.39, 0.29) is 18.5 Å². The molecule has 0 radical (unpaired) electrons. The van der Waals surface area contributed by atoms with E-state index in [4.69, 9.17) is 10.00 Å². The van der Waals surface area contributed by atoms with Crippen molar-refractivity contribution < 1.29 is 9.53 Å². The number of fused-ring (bicyclic) bond motifs is 1. The number of nitrogens with one attached hydrogen (secondary N) is 2. The number of nitriles is 1. The minimum Gasteiger partial charge on any atom is -0.491 e. The first kappa shape index (κ1) is 14.0. The highest BCUT2D eigenvalue weighted by atomic mass is 16.5. The zero-order chi connectivity index (χ0) is 15.4. The van der Waals surface area contributed by atoms with Crippen LogP contribution in [0.3, 0.4) is 0 Å². The van der Waals surface area contributed by atoms with Crippen LogP contribution in [0.25, 0.3) is 0 Å². The standard InChI is InChI=1S/C17H15N3O2/c18-9-12-5-7-13(8-6-12)19-10-17(21)20-15-11-22-16-4-2-1-3-14(15)16/h1-8,15,19H,10-11H2,(H,20,21)/t15-/m1/s1. The Balaban J connectivity index is 1.54. The largest absolute Gasteiger partial charge is 0.491 e.